The number of hydrogen-bond donors (Lipinski definition) is 1. The zero-order valence-electron chi connectivity index (χ0n) is 11.6. The van der Waals surface area contributed by atoms with E-state index in [1.165, 1.54) is 12.5 Å². The summed E-state index contributed by atoms with van der Waals surface area (Å²) in [4.78, 5) is 2.42. The molecule has 106 valence electrons. The van der Waals surface area contributed by atoms with Gasteiger partial charge in [-0.3, -0.25) is 4.90 Å². The number of hydrogen-bond acceptors (Lipinski definition) is 2. The van der Waals surface area contributed by atoms with Gasteiger partial charge in [-0.15, -0.1) is 0 Å². The fourth-order valence-corrected chi connectivity index (χ4v) is 3.04. The van der Waals surface area contributed by atoms with Gasteiger partial charge in [0.05, 0.1) is 5.02 Å². The number of halogens is 2. The quantitative estimate of drug-likeness (QED) is 0.913. The summed E-state index contributed by atoms with van der Waals surface area (Å²) in [7, 11) is 0. The minimum absolute atomic E-state index is 0.216. The van der Waals surface area contributed by atoms with Gasteiger partial charge in [0.25, 0.3) is 0 Å². The molecule has 0 saturated carbocycles. The number of piperidine rings is 1. The van der Waals surface area contributed by atoms with Gasteiger partial charge in [-0.2, -0.15) is 0 Å². The summed E-state index contributed by atoms with van der Waals surface area (Å²) in [6.07, 6.45) is 1.17. The first-order valence-corrected chi connectivity index (χ1v) is 7.37. The third-order valence-electron chi connectivity index (χ3n) is 3.85. The van der Waals surface area contributed by atoms with Crippen LogP contribution in [0.5, 0.6) is 0 Å². The molecule has 2 atom stereocenters. The van der Waals surface area contributed by atoms with Gasteiger partial charge >= 0.3 is 0 Å². The highest BCUT2D eigenvalue weighted by atomic mass is 35.5. The Balaban J connectivity index is 1.92. The molecule has 0 aliphatic carbocycles. The molecule has 2 nitrogen and oxygen atoms in total. The second-order valence-electron chi connectivity index (χ2n) is 5.41. The van der Waals surface area contributed by atoms with Crippen molar-refractivity contribution in [1.29, 1.82) is 0 Å². The van der Waals surface area contributed by atoms with Crippen molar-refractivity contribution >= 4 is 11.6 Å². The number of benzene rings is 1. The first-order chi connectivity index (χ1) is 9.10. The van der Waals surface area contributed by atoms with Gasteiger partial charge in [0.2, 0.25) is 0 Å². The van der Waals surface area contributed by atoms with Crippen molar-refractivity contribution in [2.45, 2.75) is 32.9 Å². The maximum absolute atomic E-state index is 13.1. The molecule has 0 amide bonds. The number of nitrogens with zero attached hydrogens (tertiary/aromatic N) is 1. The Labute approximate surface area is 119 Å². The average molecular weight is 285 g/mol. The smallest absolute Gasteiger partial charge is 0.141 e. The second-order valence-corrected chi connectivity index (χ2v) is 5.82. The Bertz CT molecular complexity index is 425. The van der Waals surface area contributed by atoms with Crippen LogP contribution in [-0.2, 0) is 6.54 Å². The fourth-order valence-electron chi connectivity index (χ4n) is 2.84. The normalized spacial score (nSPS) is 24.6. The molecule has 2 rings (SSSR count). The maximum atomic E-state index is 13.1. The van der Waals surface area contributed by atoms with E-state index in [4.69, 9.17) is 11.6 Å². The molecule has 0 bridgehead atoms. The summed E-state index contributed by atoms with van der Waals surface area (Å²) in [6.45, 7) is 8.48. The molecule has 2 unspecified atom stereocenters. The predicted molar refractivity (Wildman–Crippen MR) is 77.9 cm³/mol. The highest BCUT2D eigenvalue weighted by molar-refractivity contribution is 6.30. The van der Waals surface area contributed by atoms with E-state index >= 15 is 0 Å². The van der Waals surface area contributed by atoms with Crippen molar-refractivity contribution in [1.82, 2.24) is 10.2 Å². The lowest BCUT2D eigenvalue weighted by Gasteiger charge is -2.37. The minimum atomic E-state index is -0.343. The van der Waals surface area contributed by atoms with E-state index in [2.05, 4.69) is 24.1 Å². The molecular formula is C15H22ClFN2. The minimum Gasteiger partial charge on any atom is -0.314 e. The van der Waals surface area contributed by atoms with Gasteiger partial charge < -0.3 is 5.32 Å². The molecule has 1 fully saturated rings. The summed E-state index contributed by atoms with van der Waals surface area (Å²) in [5.41, 5.74) is 1.08. The Hall–Kier alpha value is -0.640. The molecule has 1 saturated heterocycles. The van der Waals surface area contributed by atoms with Gasteiger partial charge in [0.15, 0.2) is 0 Å². The monoisotopic (exact) mass is 284 g/mol. The first-order valence-electron chi connectivity index (χ1n) is 6.99. The lowest BCUT2D eigenvalue weighted by molar-refractivity contribution is 0.142. The van der Waals surface area contributed by atoms with Gasteiger partial charge in [-0.25, -0.2) is 4.39 Å². The Morgan fingerprint density at radius 1 is 1.47 bits per heavy atom. The topological polar surface area (TPSA) is 15.3 Å². The van der Waals surface area contributed by atoms with E-state index in [1.54, 1.807) is 6.07 Å². The van der Waals surface area contributed by atoms with Crippen molar-refractivity contribution in [2.24, 2.45) is 5.92 Å². The van der Waals surface area contributed by atoms with Gasteiger partial charge in [-0.05, 0) is 43.1 Å². The van der Waals surface area contributed by atoms with Gasteiger partial charge in [0.1, 0.15) is 5.82 Å². The molecule has 0 radical (unpaired) electrons. The predicted octanol–water partition coefficient (Wildman–Crippen LogP) is 3.30. The van der Waals surface area contributed by atoms with Crippen LogP contribution in [-0.4, -0.2) is 30.6 Å². The molecule has 1 N–H and O–H groups in total. The van der Waals surface area contributed by atoms with Crippen LogP contribution in [0.25, 0.3) is 0 Å². The van der Waals surface area contributed by atoms with Crippen molar-refractivity contribution in [3.05, 3.63) is 34.6 Å². The number of nitrogens with one attached hydrogen (secondary N) is 1. The fraction of sp³-hybridized carbons (Fsp3) is 0.600. The zero-order valence-corrected chi connectivity index (χ0v) is 12.4. The van der Waals surface area contributed by atoms with Crippen LogP contribution in [0.4, 0.5) is 4.39 Å². The molecule has 0 aromatic heterocycles. The molecule has 4 heteroatoms. The largest absolute Gasteiger partial charge is 0.314 e. The SMILES string of the molecule is CCNC1CCN(Cc2ccc(F)c(Cl)c2)CC1C. The Kier molecular flexibility index (Phi) is 5.20. The zero-order chi connectivity index (χ0) is 13.8. The van der Waals surface area contributed by atoms with Gasteiger partial charge in [-0.1, -0.05) is 31.5 Å². The van der Waals surface area contributed by atoms with Crippen LogP contribution < -0.4 is 5.32 Å². The van der Waals surface area contributed by atoms with E-state index in [9.17, 15) is 4.39 Å². The standard InChI is InChI=1S/C15H22ClFN2/c1-3-18-15-6-7-19(9-11(15)2)10-12-4-5-14(17)13(16)8-12/h4-5,8,11,15,18H,3,6-7,9-10H2,1-2H3. The van der Waals surface area contributed by atoms with Crippen LogP contribution in [0.15, 0.2) is 18.2 Å². The Morgan fingerprint density at radius 2 is 2.26 bits per heavy atom. The van der Waals surface area contributed by atoms with E-state index in [-0.39, 0.29) is 10.8 Å². The molecule has 1 aliphatic rings. The third kappa shape index (κ3) is 3.91. The van der Waals surface area contributed by atoms with E-state index in [0.717, 1.165) is 31.7 Å². The van der Waals surface area contributed by atoms with E-state index < -0.39 is 0 Å². The van der Waals surface area contributed by atoms with Crippen molar-refractivity contribution in [3.8, 4) is 0 Å². The molecule has 1 aromatic rings. The second kappa shape index (κ2) is 6.69. The van der Waals surface area contributed by atoms with Gasteiger partial charge in [0, 0.05) is 19.1 Å². The summed E-state index contributed by atoms with van der Waals surface area (Å²) in [6, 6.07) is 5.63. The highest BCUT2D eigenvalue weighted by Gasteiger charge is 2.25. The average Bonchev–Trinajstić information content (AvgIpc) is 2.37. The molecule has 1 aliphatic heterocycles. The lowest BCUT2D eigenvalue weighted by Crippen LogP contribution is -2.47. The molecular weight excluding hydrogens is 263 g/mol. The van der Waals surface area contributed by atoms with Crippen LogP contribution in [0.3, 0.4) is 0 Å². The number of rotatable bonds is 4. The number of likely N-dealkylation sites (tertiary alicyclic amines) is 1. The van der Waals surface area contributed by atoms with Crippen LogP contribution in [0.2, 0.25) is 5.02 Å². The van der Waals surface area contributed by atoms with Crippen LogP contribution in [0, 0.1) is 11.7 Å². The van der Waals surface area contributed by atoms with Crippen LogP contribution >= 0.6 is 11.6 Å². The molecule has 19 heavy (non-hydrogen) atoms. The third-order valence-corrected chi connectivity index (χ3v) is 4.14. The molecule has 1 aromatic carbocycles. The lowest BCUT2D eigenvalue weighted by atomic mass is 9.93. The maximum Gasteiger partial charge on any atom is 0.141 e. The Morgan fingerprint density at radius 3 is 2.89 bits per heavy atom. The first kappa shape index (κ1) is 14.8. The summed E-state index contributed by atoms with van der Waals surface area (Å²) in [5.74, 6) is 0.300. The summed E-state index contributed by atoms with van der Waals surface area (Å²) in [5, 5.41) is 3.75. The van der Waals surface area contributed by atoms with Crippen molar-refractivity contribution in [2.75, 3.05) is 19.6 Å². The molecule has 1 heterocycles. The summed E-state index contributed by atoms with van der Waals surface area (Å²) >= 11 is 5.82. The summed E-state index contributed by atoms with van der Waals surface area (Å²) < 4.78 is 13.1. The highest BCUT2D eigenvalue weighted by Crippen LogP contribution is 2.21. The van der Waals surface area contributed by atoms with Crippen molar-refractivity contribution in [3.63, 3.8) is 0 Å². The van der Waals surface area contributed by atoms with E-state index in [0.29, 0.717) is 12.0 Å². The van der Waals surface area contributed by atoms with Crippen LogP contribution in [0.1, 0.15) is 25.8 Å². The van der Waals surface area contributed by atoms with Crippen molar-refractivity contribution < 1.29 is 4.39 Å². The molecule has 0 spiro atoms. The van der Waals surface area contributed by atoms with E-state index in [1.807, 2.05) is 6.07 Å².